The van der Waals surface area contributed by atoms with Gasteiger partial charge in [-0.3, -0.25) is 4.90 Å². The highest BCUT2D eigenvalue weighted by Gasteiger charge is 2.04. The molecule has 0 fully saturated rings. The van der Waals surface area contributed by atoms with Crippen molar-refractivity contribution in [3.63, 3.8) is 0 Å². The van der Waals surface area contributed by atoms with Gasteiger partial charge < -0.3 is 14.7 Å². The van der Waals surface area contributed by atoms with Crippen LogP contribution >= 0.6 is 0 Å². The number of nitrogens with zero attached hydrogens (tertiary/aromatic N) is 2. The molecule has 1 unspecified atom stereocenters. The van der Waals surface area contributed by atoms with Gasteiger partial charge in [-0.2, -0.15) is 0 Å². The Morgan fingerprint density at radius 1 is 1.15 bits per heavy atom. The maximum Gasteiger partial charge on any atom is 0.109 e. The molecule has 0 aromatic carbocycles. The lowest BCUT2D eigenvalue weighted by molar-refractivity contribution is 0.00355. The fourth-order valence-electron chi connectivity index (χ4n) is 0.796. The molecule has 0 aromatic rings. The monoisotopic (exact) mass is 190 g/mol. The molecular weight excluding hydrogens is 168 g/mol. The number of aliphatic hydroxyl groups excluding tert-OH is 1. The van der Waals surface area contributed by atoms with Gasteiger partial charge in [-0.15, -0.1) is 0 Å². The van der Waals surface area contributed by atoms with Gasteiger partial charge in [0, 0.05) is 13.0 Å². The van der Waals surface area contributed by atoms with Gasteiger partial charge in [0.2, 0.25) is 0 Å². The maximum absolute atomic E-state index is 9.37. The third kappa shape index (κ3) is 8.18. The zero-order valence-corrected chi connectivity index (χ0v) is 9.16. The molecule has 1 atom stereocenters. The summed E-state index contributed by atoms with van der Waals surface area (Å²) < 4.78 is 5.34. The molecular formula is C9H22N2O2. The van der Waals surface area contributed by atoms with Gasteiger partial charge in [-0.1, -0.05) is 0 Å². The van der Waals surface area contributed by atoms with Crippen molar-refractivity contribution in [1.82, 2.24) is 9.80 Å². The van der Waals surface area contributed by atoms with E-state index in [2.05, 4.69) is 4.90 Å². The molecule has 0 aliphatic rings. The molecule has 0 radical (unpaired) electrons. The second-order valence-corrected chi connectivity index (χ2v) is 3.65. The summed E-state index contributed by atoms with van der Waals surface area (Å²) in [6.07, 6.45) is 0.278. The second kappa shape index (κ2) is 7.26. The van der Waals surface area contributed by atoms with Crippen LogP contribution in [0.25, 0.3) is 0 Å². The third-order valence-electron chi connectivity index (χ3n) is 1.80. The number of likely N-dealkylation sites (N-methyl/N-ethyl adjacent to an activating group) is 1. The van der Waals surface area contributed by atoms with Crippen molar-refractivity contribution in [3.05, 3.63) is 0 Å². The smallest absolute Gasteiger partial charge is 0.109 e. The number of aliphatic hydroxyl groups is 1. The summed E-state index contributed by atoms with van der Waals surface area (Å²) in [5.74, 6) is 0. The summed E-state index contributed by atoms with van der Waals surface area (Å²) in [5.41, 5.74) is 0. The summed E-state index contributed by atoms with van der Waals surface area (Å²) in [6.45, 7) is 2.28. The zero-order valence-electron chi connectivity index (χ0n) is 9.16. The molecule has 0 bridgehead atoms. The quantitative estimate of drug-likeness (QED) is 0.447. The van der Waals surface area contributed by atoms with Crippen LogP contribution in [0.2, 0.25) is 0 Å². The Kier molecular flexibility index (Phi) is 7.17. The summed E-state index contributed by atoms with van der Waals surface area (Å²) in [6, 6.07) is 0. The Morgan fingerprint density at radius 2 is 1.77 bits per heavy atom. The van der Waals surface area contributed by atoms with Crippen molar-refractivity contribution >= 4 is 0 Å². The minimum atomic E-state index is -0.389. The second-order valence-electron chi connectivity index (χ2n) is 3.65. The highest BCUT2D eigenvalue weighted by molar-refractivity contribution is 4.50. The van der Waals surface area contributed by atoms with Crippen LogP contribution in [0.3, 0.4) is 0 Å². The van der Waals surface area contributed by atoms with E-state index < -0.39 is 0 Å². The molecule has 4 heteroatoms. The molecule has 0 aromatic heterocycles. The van der Waals surface area contributed by atoms with Crippen LogP contribution in [-0.2, 0) is 4.74 Å². The zero-order chi connectivity index (χ0) is 10.3. The fourth-order valence-corrected chi connectivity index (χ4v) is 0.796. The van der Waals surface area contributed by atoms with E-state index in [1.165, 1.54) is 0 Å². The van der Waals surface area contributed by atoms with E-state index in [-0.39, 0.29) is 6.23 Å². The fraction of sp³-hybridized carbons (Fsp3) is 1.00. The Morgan fingerprint density at radius 3 is 2.23 bits per heavy atom. The molecule has 1 N–H and O–H groups in total. The molecule has 0 saturated heterocycles. The molecule has 0 heterocycles. The Hall–Kier alpha value is -0.160. The Balaban J connectivity index is 3.16. The lowest BCUT2D eigenvalue weighted by Gasteiger charge is -2.18. The van der Waals surface area contributed by atoms with Gasteiger partial charge in [0.15, 0.2) is 0 Å². The van der Waals surface area contributed by atoms with Crippen LogP contribution in [0.1, 0.15) is 6.42 Å². The minimum absolute atomic E-state index is 0.389. The van der Waals surface area contributed by atoms with Crippen LogP contribution in [-0.4, -0.2) is 69.1 Å². The predicted molar refractivity (Wildman–Crippen MR) is 53.7 cm³/mol. The number of ether oxygens (including phenoxy) is 1. The highest BCUT2D eigenvalue weighted by Crippen LogP contribution is 1.94. The summed E-state index contributed by atoms with van der Waals surface area (Å²) in [4.78, 5) is 3.84. The number of hydrogen-bond acceptors (Lipinski definition) is 4. The van der Waals surface area contributed by atoms with Crippen molar-refractivity contribution < 1.29 is 9.84 Å². The third-order valence-corrected chi connectivity index (χ3v) is 1.80. The molecule has 0 aliphatic heterocycles. The van der Waals surface area contributed by atoms with Gasteiger partial charge in [-0.05, 0) is 28.2 Å². The largest absolute Gasteiger partial charge is 0.380 e. The van der Waals surface area contributed by atoms with E-state index >= 15 is 0 Å². The lowest BCUT2D eigenvalue weighted by atomic mass is 10.4. The first-order chi connectivity index (χ1) is 6.04. The van der Waals surface area contributed by atoms with Crippen molar-refractivity contribution in [1.29, 1.82) is 0 Å². The summed E-state index contributed by atoms with van der Waals surface area (Å²) in [5, 5.41) is 9.37. The number of hydrogen-bond donors (Lipinski definition) is 1. The van der Waals surface area contributed by atoms with E-state index in [1.54, 1.807) is 4.90 Å². The molecule has 0 amide bonds. The standard InChI is InChI=1S/C9H22N2O2/c1-10(2)6-8-13-7-5-9(12)11(3)4/h9,12H,5-8H2,1-4H3. The van der Waals surface area contributed by atoms with Gasteiger partial charge in [-0.25, -0.2) is 0 Å². The Labute approximate surface area is 81.1 Å². The van der Waals surface area contributed by atoms with Gasteiger partial charge in [0.05, 0.1) is 13.2 Å². The normalized spacial score (nSPS) is 14.1. The van der Waals surface area contributed by atoms with E-state index in [9.17, 15) is 5.11 Å². The van der Waals surface area contributed by atoms with E-state index in [4.69, 9.17) is 4.74 Å². The van der Waals surface area contributed by atoms with E-state index in [1.807, 2.05) is 28.2 Å². The van der Waals surface area contributed by atoms with Crippen molar-refractivity contribution in [2.24, 2.45) is 0 Å². The van der Waals surface area contributed by atoms with Gasteiger partial charge >= 0.3 is 0 Å². The molecule has 0 rings (SSSR count). The SMILES string of the molecule is CN(C)CCOCCC(O)N(C)C. The Bertz CT molecular complexity index is 118. The number of rotatable bonds is 7. The lowest BCUT2D eigenvalue weighted by Crippen LogP contribution is -2.29. The molecule has 0 aliphatic carbocycles. The summed E-state index contributed by atoms with van der Waals surface area (Å²) >= 11 is 0. The van der Waals surface area contributed by atoms with Crippen molar-refractivity contribution in [2.45, 2.75) is 12.6 Å². The van der Waals surface area contributed by atoms with Crippen molar-refractivity contribution in [3.8, 4) is 0 Å². The van der Waals surface area contributed by atoms with Gasteiger partial charge in [0.1, 0.15) is 6.23 Å². The van der Waals surface area contributed by atoms with Crippen LogP contribution in [0.15, 0.2) is 0 Å². The topological polar surface area (TPSA) is 35.9 Å². The first-order valence-corrected chi connectivity index (χ1v) is 4.61. The van der Waals surface area contributed by atoms with Crippen molar-refractivity contribution in [2.75, 3.05) is 47.9 Å². The molecule has 0 saturated carbocycles. The van der Waals surface area contributed by atoms with Crippen LogP contribution in [0.4, 0.5) is 0 Å². The van der Waals surface area contributed by atoms with Gasteiger partial charge in [0.25, 0.3) is 0 Å². The molecule has 0 spiro atoms. The van der Waals surface area contributed by atoms with E-state index in [0.717, 1.165) is 13.2 Å². The van der Waals surface area contributed by atoms with Crippen LogP contribution < -0.4 is 0 Å². The first-order valence-electron chi connectivity index (χ1n) is 4.61. The average molecular weight is 190 g/mol. The first kappa shape index (κ1) is 12.8. The van der Waals surface area contributed by atoms with Crippen LogP contribution in [0.5, 0.6) is 0 Å². The molecule has 13 heavy (non-hydrogen) atoms. The maximum atomic E-state index is 9.37. The predicted octanol–water partition coefficient (Wildman–Crippen LogP) is -0.165. The minimum Gasteiger partial charge on any atom is -0.380 e. The van der Waals surface area contributed by atoms with Crippen LogP contribution in [0, 0.1) is 0 Å². The molecule has 4 nitrogen and oxygen atoms in total. The highest BCUT2D eigenvalue weighted by atomic mass is 16.5. The van der Waals surface area contributed by atoms with E-state index in [0.29, 0.717) is 13.0 Å². The average Bonchev–Trinajstić information content (AvgIpc) is 2.02. The summed E-state index contributed by atoms with van der Waals surface area (Å²) in [7, 11) is 7.73. The molecule has 80 valence electrons.